The Morgan fingerprint density at radius 1 is 0.919 bits per heavy atom. The Hall–Kier alpha value is -3.30. The van der Waals surface area contributed by atoms with E-state index in [1.165, 1.54) is 27.1 Å². The van der Waals surface area contributed by atoms with Gasteiger partial charge in [0, 0.05) is 19.2 Å². The van der Waals surface area contributed by atoms with Crippen molar-refractivity contribution in [3.63, 3.8) is 0 Å². The molecular formula is C27H42N4O6. The van der Waals surface area contributed by atoms with Gasteiger partial charge in [-0.15, -0.1) is 0 Å². The predicted octanol–water partition coefficient (Wildman–Crippen LogP) is 2.69. The minimum absolute atomic E-state index is 0.0845. The molecule has 10 nitrogen and oxygen atoms in total. The van der Waals surface area contributed by atoms with Gasteiger partial charge < -0.3 is 30.7 Å². The fraction of sp³-hybridized carbons (Fsp3) is 0.630. The Balaban J connectivity index is 1.95. The molecule has 2 atom stereocenters. The Bertz CT molecular complexity index is 907. The maximum absolute atomic E-state index is 13.0. The summed E-state index contributed by atoms with van der Waals surface area (Å²) in [4.78, 5) is 50.9. The second-order valence-electron chi connectivity index (χ2n) is 9.92. The van der Waals surface area contributed by atoms with Crippen LogP contribution in [-0.4, -0.2) is 56.5 Å². The van der Waals surface area contributed by atoms with Crippen LogP contribution in [-0.2, 0) is 20.9 Å². The number of ketones is 1. The first kappa shape index (κ1) is 29.9. The van der Waals surface area contributed by atoms with E-state index in [2.05, 4.69) is 21.3 Å². The van der Waals surface area contributed by atoms with Crippen LogP contribution in [0.4, 0.5) is 4.79 Å². The average Bonchev–Trinajstić information content (AvgIpc) is 3.41. The number of hydrogen-bond donors (Lipinski definition) is 4. The van der Waals surface area contributed by atoms with Gasteiger partial charge in [-0.05, 0) is 55.2 Å². The lowest BCUT2D eigenvalue weighted by Crippen LogP contribution is -2.55. The zero-order valence-corrected chi connectivity index (χ0v) is 22.6. The van der Waals surface area contributed by atoms with Gasteiger partial charge in [-0.2, -0.15) is 0 Å². The first-order valence-electron chi connectivity index (χ1n) is 13.0. The van der Waals surface area contributed by atoms with Crippen LogP contribution >= 0.6 is 0 Å². The SMILES string of the molecule is CCC(NC(=O)C(CC(C)C)NC(=O)NCC1CCCC1)C(=O)C(=O)NCc1cc(OC)cc(OC)c1. The van der Waals surface area contributed by atoms with Crippen molar-refractivity contribution in [2.75, 3.05) is 20.8 Å². The maximum atomic E-state index is 13.0. The van der Waals surface area contributed by atoms with E-state index in [9.17, 15) is 19.2 Å². The molecule has 0 aromatic heterocycles. The lowest BCUT2D eigenvalue weighted by Gasteiger charge is -2.23. The van der Waals surface area contributed by atoms with Crippen molar-refractivity contribution in [1.82, 2.24) is 21.3 Å². The van der Waals surface area contributed by atoms with Gasteiger partial charge in [-0.1, -0.05) is 33.6 Å². The van der Waals surface area contributed by atoms with E-state index in [4.69, 9.17) is 9.47 Å². The van der Waals surface area contributed by atoms with E-state index in [1.807, 2.05) is 13.8 Å². The number of carbonyl (C=O) groups is 4. The first-order valence-corrected chi connectivity index (χ1v) is 13.0. The van der Waals surface area contributed by atoms with Crippen LogP contribution in [0, 0.1) is 11.8 Å². The average molecular weight is 519 g/mol. The number of urea groups is 1. The third-order valence-electron chi connectivity index (χ3n) is 6.48. The van der Waals surface area contributed by atoms with Crippen molar-refractivity contribution in [1.29, 1.82) is 0 Å². The number of ether oxygens (including phenoxy) is 2. The van der Waals surface area contributed by atoms with Crippen LogP contribution in [0.15, 0.2) is 18.2 Å². The molecule has 2 unspecified atom stereocenters. The van der Waals surface area contributed by atoms with Gasteiger partial charge in [0.05, 0.1) is 20.3 Å². The van der Waals surface area contributed by atoms with Gasteiger partial charge in [0.1, 0.15) is 17.5 Å². The van der Waals surface area contributed by atoms with Gasteiger partial charge in [0.25, 0.3) is 5.91 Å². The van der Waals surface area contributed by atoms with Gasteiger partial charge >= 0.3 is 6.03 Å². The molecule has 1 aromatic rings. The maximum Gasteiger partial charge on any atom is 0.315 e. The lowest BCUT2D eigenvalue weighted by atomic mass is 10.0. The summed E-state index contributed by atoms with van der Waals surface area (Å²) >= 11 is 0. The van der Waals surface area contributed by atoms with Gasteiger partial charge in [0.2, 0.25) is 11.7 Å². The second kappa shape index (κ2) is 15.1. The molecule has 0 radical (unpaired) electrons. The molecule has 1 aliphatic rings. The third kappa shape index (κ3) is 9.93. The highest BCUT2D eigenvalue weighted by molar-refractivity contribution is 6.38. The fourth-order valence-electron chi connectivity index (χ4n) is 4.39. The van der Waals surface area contributed by atoms with Gasteiger partial charge in [-0.25, -0.2) is 4.79 Å². The van der Waals surface area contributed by atoms with E-state index < -0.39 is 35.7 Å². The molecule has 1 aliphatic carbocycles. The smallest absolute Gasteiger partial charge is 0.315 e. The molecule has 0 heterocycles. The lowest BCUT2D eigenvalue weighted by molar-refractivity contribution is -0.140. The quantitative estimate of drug-likeness (QED) is 0.280. The second-order valence-corrected chi connectivity index (χ2v) is 9.92. The van der Waals surface area contributed by atoms with Crippen LogP contribution in [0.5, 0.6) is 11.5 Å². The van der Waals surface area contributed by atoms with Crippen LogP contribution in [0.3, 0.4) is 0 Å². The van der Waals surface area contributed by atoms with E-state index in [-0.39, 0.29) is 18.9 Å². The van der Waals surface area contributed by atoms with Crippen LogP contribution in [0.2, 0.25) is 0 Å². The molecule has 37 heavy (non-hydrogen) atoms. The third-order valence-corrected chi connectivity index (χ3v) is 6.48. The van der Waals surface area contributed by atoms with Gasteiger partial charge in [-0.3, -0.25) is 14.4 Å². The summed E-state index contributed by atoms with van der Waals surface area (Å²) < 4.78 is 10.5. The molecule has 4 amide bonds. The van der Waals surface area contributed by atoms with Crippen molar-refractivity contribution < 1.29 is 28.7 Å². The van der Waals surface area contributed by atoms with Crippen molar-refractivity contribution >= 4 is 23.6 Å². The summed E-state index contributed by atoms with van der Waals surface area (Å²) in [7, 11) is 3.05. The number of methoxy groups -OCH3 is 2. The topological polar surface area (TPSA) is 135 Å². The summed E-state index contributed by atoms with van der Waals surface area (Å²) in [6.07, 6.45) is 5.19. The molecular weight excluding hydrogens is 476 g/mol. The minimum atomic E-state index is -1.01. The Kier molecular flexibility index (Phi) is 12.2. The van der Waals surface area contributed by atoms with Crippen molar-refractivity contribution in [2.24, 2.45) is 11.8 Å². The number of carbonyl (C=O) groups excluding carboxylic acids is 4. The zero-order valence-electron chi connectivity index (χ0n) is 22.6. The van der Waals surface area contributed by atoms with E-state index in [1.54, 1.807) is 25.1 Å². The van der Waals surface area contributed by atoms with E-state index >= 15 is 0 Å². The summed E-state index contributed by atoms with van der Waals surface area (Å²) in [6.45, 7) is 6.27. The number of hydrogen-bond acceptors (Lipinski definition) is 6. The highest BCUT2D eigenvalue weighted by Crippen LogP contribution is 2.24. The summed E-state index contributed by atoms with van der Waals surface area (Å²) in [6, 6.07) is 2.93. The molecule has 206 valence electrons. The summed E-state index contributed by atoms with van der Waals surface area (Å²) in [5, 5.41) is 10.9. The Labute approximate surface area is 219 Å². The Morgan fingerprint density at radius 3 is 2.08 bits per heavy atom. The first-order chi connectivity index (χ1) is 17.7. The largest absolute Gasteiger partial charge is 0.497 e. The highest BCUT2D eigenvalue weighted by Gasteiger charge is 2.29. The zero-order chi connectivity index (χ0) is 27.4. The molecule has 0 spiro atoms. The Morgan fingerprint density at radius 2 is 1.54 bits per heavy atom. The fourth-order valence-corrected chi connectivity index (χ4v) is 4.39. The summed E-state index contributed by atoms with van der Waals surface area (Å²) in [5.74, 6) is -0.327. The molecule has 1 aromatic carbocycles. The van der Waals surface area contributed by atoms with Crippen molar-refractivity contribution in [2.45, 2.75) is 77.9 Å². The molecule has 1 fully saturated rings. The molecule has 0 bridgehead atoms. The minimum Gasteiger partial charge on any atom is -0.497 e. The number of Topliss-reactive ketones (excluding diaryl/α,β-unsaturated/α-hetero) is 1. The summed E-state index contributed by atoms with van der Waals surface area (Å²) in [5.41, 5.74) is 0.694. The molecule has 0 saturated heterocycles. The van der Waals surface area contributed by atoms with Gasteiger partial charge in [0.15, 0.2) is 0 Å². The van der Waals surface area contributed by atoms with Crippen LogP contribution < -0.4 is 30.7 Å². The molecule has 10 heteroatoms. The number of rotatable bonds is 14. The van der Waals surface area contributed by atoms with E-state index in [0.717, 1.165) is 12.8 Å². The molecule has 1 saturated carbocycles. The van der Waals surface area contributed by atoms with Crippen LogP contribution in [0.1, 0.15) is 64.9 Å². The predicted molar refractivity (Wildman–Crippen MR) is 140 cm³/mol. The number of nitrogens with one attached hydrogen (secondary N) is 4. The standard InChI is InChI=1S/C27H42N4O6/c1-6-22(24(32)26(34)28-16-19-12-20(36-4)14-21(13-19)37-5)30-25(33)23(11-17(2)3)31-27(35)29-15-18-9-7-8-10-18/h12-14,17-18,22-23H,6-11,15-16H2,1-5H3,(H,28,34)(H,30,33)(H2,29,31,35). The van der Waals surface area contributed by atoms with Crippen molar-refractivity contribution in [3.05, 3.63) is 23.8 Å². The highest BCUT2D eigenvalue weighted by atomic mass is 16.5. The molecule has 2 rings (SSSR count). The van der Waals surface area contributed by atoms with E-state index in [0.29, 0.717) is 35.9 Å². The number of amides is 4. The van der Waals surface area contributed by atoms with Crippen molar-refractivity contribution in [3.8, 4) is 11.5 Å². The monoisotopic (exact) mass is 518 g/mol. The number of benzene rings is 1. The molecule has 4 N–H and O–H groups in total. The van der Waals surface area contributed by atoms with Crippen LogP contribution in [0.25, 0.3) is 0 Å². The molecule has 0 aliphatic heterocycles. The normalized spacial score (nSPS) is 15.0.